The van der Waals surface area contributed by atoms with Crippen LogP contribution in [-0.4, -0.2) is 4.57 Å². The van der Waals surface area contributed by atoms with Gasteiger partial charge in [0.25, 0.3) is 0 Å². The van der Waals surface area contributed by atoms with Crippen LogP contribution in [0.5, 0.6) is 0 Å². The van der Waals surface area contributed by atoms with Crippen LogP contribution in [0.4, 0.5) is 0 Å². The summed E-state index contributed by atoms with van der Waals surface area (Å²) in [6, 6.07) is 0. The van der Waals surface area contributed by atoms with E-state index in [2.05, 4.69) is 53.6 Å². The van der Waals surface area contributed by atoms with Crippen LogP contribution in [0, 0.1) is 0 Å². The fourth-order valence-electron chi connectivity index (χ4n) is 3.15. The van der Waals surface area contributed by atoms with Gasteiger partial charge in [-0.2, -0.15) is 0 Å². The van der Waals surface area contributed by atoms with E-state index in [1.807, 2.05) is 6.08 Å². The van der Waals surface area contributed by atoms with Crippen LogP contribution in [0.2, 0.25) is 0 Å². The Morgan fingerprint density at radius 2 is 1.35 bits per heavy atom. The summed E-state index contributed by atoms with van der Waals surface area (Å²) in [5, 5.41) is 0. The van der Waals surface area contributed by atoms with Crippen LogP contribution < -0.4 is 21.5 Å². The number of halogens is 2. The number of aromatic nitrogens is 2. The largest absolute Gasteiger partial charge is 1.00 e. The Kier molecular flexibility index (Phi) is 22.5. The fraction of sp³-hybridized carbons (Fsp3) is 0.682. The topological polar surface area (TPSA) is 8.81 Å². The van der Waals surface area contributed by atoms with Crippen molar-refractivity contribution in [3.63, 3.8) is 0 Å². The molecule has 0 spiro atoms. The molecule has 4 heteroatoms. The summed E-state index contributed by atoms with van der Waals surface area (Å²) in [7, 11) is 2.08. The number of allylic oxidation sites excluding steroid dienone is 3. The van der Waals surface area contributed by atoms with Crippen molar-refractivity contribution in [1.29, 1.82) is 0 Å². The molecule has 0 bridgehead atoms. The Labute approximate surface area is 183 Å². The van der Waals surface area contributed by atoms with Crippen LogP contribution >= 0.6 is 17.0 Å². The predicted octanol–water partition coefficient (Wildman–Crippen LogP) is 3.71. The summed E-state index contributed by atoms with van der Waals surface area (Å²) >= 11 is 0. The lowest BCUT2D eigenvalue weighted by molar-refractivity contribution is -0.671. The first kappa shape index (κ1) is 27.9. The second kappa shape index (κ2) is 21.0. The monoisotopic (exact) mass is 490 g/mol. The fourth-order valence-corrected chi connectivity index (χ4v) is 3.15. The highest BCUT2D eigenvalue weighted by atomic mass is 79.9. The van der Waals surface area contributed by atoms with E-state index in [0.29, 0.717) is 0 Å². The summed E-state index contributed by atoms with van der Waals surface area (Å²) < 4.78 is 4.40. The van der Waals surface area contributed by atoms with Crippen LogP contribution in [0.1, 0.15) is 83.5 Å². The molecule has 0 amide bonds. The number of hydrogen-bond donors (Lipinski definition) is 0. The zero-order valence-corrected chi connectivity index (χ0v) is 20.1. The van der Waals surface area contributed by atoms with Gasteiger partial charge in [0.2, 0.25) is 6.33 Å². The lowest BCUT2D eigenvalue weighted by Crippen LogP contribution is -3.00. The molecule has 1 aromatic heterocycles. The van der Waals surface area contributed by atoms with E-state index >= 15 is 0 Å². The number of unbranched alkanes of at least 4 members (excludes halogenated alkanes) is 12. The molecule has 0 atom stereocenters. The van der Waals surface area contributed by atoms with Crippen molar-refractivity contribution in [1.82, 2.24) is 4.57 Å². The molecule has 0 radical (unpaired) electrons. The Morgan fingerprint density at radius 1 is 0.846 bits per heavy atom. The van der Waals surface area contributed by atoms with Crippen molar-refractivity contribution in [3.05, 3.63) is 43.5 Å². The Bertz CT molecular complexity index is 441. The molecular formula is C22H40Br2N2. The van der Waals surface area contributed by atoms with E-state index in [-0.39, 0.29) is 34.0 Å². The third-order valence-electron chi connectivity index (χ3n) is 4.63. The minimum atomic E-state index is 0. The average Bonchev–Trinajstić information content (AvgIpc) is 3.00. The van der Waals surface area contributed by atoms with E-state index in [1.165, 1.54) is 90.0 Å². The van der Waals surface area contributed by atoms with Crippen molar-refractivity contribution in [2.45, 2.75) is 90.0 Å². The summed E-state index contributed by atoms with van der Waals surface area (Å²) in [4.78, 5) is 0. The van der Waals surface area contributed by atoms with Crippen LogP contribution in [-0.2, 0) is 13.6 Å². The highest BCUT2D eigenvalue weighted by Crippen LogP contribution is 2.12. The highest BCUT2D eigenvalue weighted by molar-refractivity contribution is 8.93. The smallest absolute Gasteiger partial charge is 0.243 e. The number of rotatable bonds is 16. The quantitative estimate of drug-likeness (QED) is 0.189. The molecule has 1 aromatic rings. The molecule has 0 unspecified atom stereocenters. The highest BCUT2D eigenvalue weighted by Gasteiger charge is 1.99. The van der Waals surface area contributed by atoms with Gasteiger partial charge in [0.05, 0.1) is 13.6 Å². The van der Waals surface area contributed by atoms with E-state index in [9.17, 15) is 0 Å². The third-order valence-corrected chi connectivity index (χ3v) is 4.63. The Hall–Kier alpha value is -0.350. The van der Waals surface area contributed by atoms with Gasteiger partial charge in [-0.1, -0.05) is 82.6 Å². The third kappa shape index (κ3) is 17.1. The van der Waals surface area contributed by atoms with Gasteiger partial charge < -0.3 is 17.0 Å². The second-order valence-electron chi connectivity index (χ2n) is 7.01. The molecule has 1 heterocycles. The maximum absolute atomic E-state index is 3.69. The van der Waals surface area contributed by atoms with Crippen molar-refractivity contribution in [2.24, 2.45) is 7.05 Å². The number of nitrogens with zero attached hydrogens (tertiary/aromatic N) is 2. The summed E-state index contributed by atoms with van der Waals surface area (Å²) in [5.41, 5.74) is 0. The van der Waals surface area contributed by atoms with E-state index in [1.54, 1.807) is 0 Å². The Balaban J connectivity index is 0. The zero-order valence-electron chi connectivity index (χ0n) is 16.8. The molecule has 152 valence electrons. The van der Waals surface area contributed by atoms with Crippen molar-refractivity contribution in [3.8, 4) is 0 Å². The van der Waals surface area contributed by atoms with Gasteiger partial charge in [0.1, 0.15) is 12.4 Å². The maximum atomic E-state index is 3.69. The lowest BCUT2D eigenvalue weighted by atomic mass is 10.0. The van der Waals surface area contributed by atoms with Gasteiger partial charge in [-0.3, -0.25) is 0 Å². The second-order valence-corrected chi connectivity index (χ2v) is 7.01. The normalized spacial score (nSPS) is 10.5. The number of aryl methyl sites for hydroxylation is 2. The molecule has 0 aliphatic rings. The van der Waals surface area contributed by atoms with Gasteiger partial charge in [0.15, 0.2) is 0 Å². The van der Waals surface area contributed by atoms with Gasteiger partial charge in [-0.25, -0.2) is 9.13 Å². The summed E-state index contributed by atoms with van der Waals surface area (Å²) in [6.07, 6.45) is 30.7. The molecular weight excluding hydrogens is 452 g/mol. The first-order chi connectivity index (χ1) is 11.8. The Morgan fingerprint density at radius 3 is 1.81 bits per heavy atom. The lowest BCUT2D eigenvalue weighted by Gasteiger charge is -2.02. The number of imidazole rings is 1. The van der Waals surface area contributed by atoms with E-state index < -0.39 is 0 Å². The van der Waals surface area contributed by atoms with Gasteiger partial charge in [-0.15, -0.1) is 17.0 Å². The minimum Gasteiger partial charge on any atom is -1.00 e. The van der Waals surface area contributed by atoms with E-state index in [4.69, 9.17) is 0 Å². The minimum absolute atomic E-state index is 0. The molecule has 26 heavy (non-hydrogen) atoms. The molecule has 0 aliphatic carbocycles. The van der Waals surface area contributed by atoms with Gasteiger partial charge in [-0.05, 0) is 25.7 Å². The van der Waals surface area contributed by atoms with Crippen molar-refractivity contribution < 1.29 is 21.5 Å². The maximum Gasteiger partial charge on any atom is 0.243 e. The number of hydrogen-bond acceptors (Lipinski definition) is 0. The molecule has 0 saturated heterocycles. The molecule has 0 saturated carbocycles. The predicted molar refractivity (Wildman–Crippen MR) is 115 cm³/mol. The first-order valence-corrected chi connectivity index (χ1v) is 10.1. The summed E-state index contributed by atoms with van der Waals surface area (Å²) in [5.74, 6) is 0. The van der Waals surface area contributed by atoms with Crippen LogP contribution in [0.25, 0.3) is 0 Å². The van der Waals surface area contributed by atoms with Crippen molar-refractivity contribution in [2.75, 3.05) is 0 Å². The van der Waals surface area contributed by atoms with Crippen molar-refractivity contribution >= 4 is 17.0 Å². The molecule has 0 fully saturated rings. The molecule has 0 aromatic carbocycles. The van der Waals surface area contributed by atoms with Gasteiger partial charge >= 0.3 is 0 Å². The first-order valence-electron chi connectivity index (χ1n) is 10.1. The SMILES string of the molecule is Br.C=CC=CCCCCCCCCCCCCCCn1cc[n+](C)c1.[Br-]. The standard InChI is InChI=1S/C22H39N2.2BrH/c1-3-4-5-6-7-8-9-10-11-12-13-14-15-16-17-18-19-24-21-20-23(2)22-24;;/h3-5,20-22H,1,6-19H2,2H3;2*1H/q+1;;/p-1. The molecule has 1 rings (SSSR count). The van der Waals surface area contributed by atoms with E-state index in [0.717, 1.165) is 0 Å². The summed E-state index contributed by atoms with van der Waals surface area (Å²) in [6.45, 7) is 4.86. The van der Waals surface area contributed by atoms with Crippen LogP contribution in [0.3, 0.4) is 0 Å². The molecule has 0 N–H and O–H groups in total. The zero-order chi connectivity index (χ0) is 17.3. The molecule has 2 nitrogen and oxygen atoms in total. The van der Waals surface area contributed by atoms with Gasteiger partial charge in [0, 0.05) is 0 Å². The van der Waals surface area contributed by atoms with Crippen LogP contribution in [0.15, 0.2) is 43.5 Å². The average molecular weight is 492 g/mol. The molecule has 0 aliphatic heterocycles.